The summed E-state index contributed by atoms with van der Waals surface area (Å²) in [5.74, 6) is 0. The molecule has 18 heavy (non-hydrogen) atoms. The lowest BCUT2D eigenvalue weighted by Crippen LogP contribution is -2.34. The van der Waals surface area contributed by atoms with Gasteiger partial charge in [-0.15, -0.1) is 0 Å². The van der Waals surface area contributed by atoms with Gasteiger partial charge in [0.1, 0.15) is 0 Å². The highest BCUT2D eigenvalue weighted by Crippen LogP contribution is 2.15. The molecule has 0 fully saturated rings. The Morgan fingerprint density at radius 1 is 1.17 bits per heavy atom. The summed E-state index contributed by atoms with van der Waals surface area (Å²) in [6, 6.07) is 4.37. The molecule has 0 bridgehead atoms. The van der Waals surface area contributed by atoms with Crippen molar-refractivity contribution in [1.29, 1.82) is 0 Å². The number of hydrogen-bond donors (Lipinski definition) is 2. The van der Waals surface area contributed by atoms with E-state index in [4.69, 9.17) is 10.0 Å². The SMILES string of the molecule is CCN(CC)S(=O)(=O)c1cc(C)cc(B(O)O)c1. The van der Waals surface area contributed by atoms with E-state index in [0.29, 0.717) is 18.7 Å². The van der Waals surface area contributed by atoms with Gasteiger partial charge in [0.15, 0.2) is 0 Å². The summed E-state index contributed by atoms with van der Waals surface area (Å²) in [5, 5.41) is 18.3. The molecule has 1 aromatic carbocycles. The van der Waals surface area contributed by atoms with Gasteiger partial charge in [-0.1, -0.05) is 25.5 Å². The Hall–Kier alpha value is -0.885. The number of sulfonamides is 1. The molecule has 0 amide bonds. The van der Waals surface area contributed by atoms with Crippen LogP contribution in [0.1, 0.15) is 19.4 Å². The van der Waals surface area contributed by atoms with Crippen LogP contribution in [0.4, 0.5) is 0 Å². The van der Waals surface area contributed by atoms with Crippen molar-refractivity contribution in [3.63, 3.8) is 0 Å². The van der Waals surface area contributed by atoms with Crippen molar-refractivity contribution in [3.8, 4) is 0 Å². The molecule has 0 atom stereocenters. The quantitative estimate of drug-likeness (QED) is 0.721. The third kappa shape index (κ3) is 3.11. The van der Waals surface area contributed by atoms with Crippen LogP contribution >= 0.6 is 0 Å². The van der Waals surface area contributed by atoms with Gasteiger partial charge >= 0.3 is 7.12 Å². The van der Waals surface area contributed by atoms with Gasteiger partial charge in [0.05, 0.1) is 4.90 Å². The van der Waals surface area contributed by atoms with Crippen molar-refractivity contribution in [2.45, 2.75) is 25.7 Å². The molecule has 0 aliphatic carbocycles. The molecule has 1 aromatic rings. The zero-order valence-corrected chi connectivity index (χ0v) is 11.6. The smallest absolute Gasteiger partial charge is 0.423 e. The van der Waals surface area contributed by atoms with Gasteiger partial charge < -0.3 is 10.0 Å². The minimum absolute atomic E-state index is 0.0919. The Morgan fingerprint density at radius 2 is 1.72 bits per heavy atom. The topological polar surface area (TPSA) is 77.8 Å². The second-order valence-corrected chi connectivity index (χ2v) is 5.98. The summed E-state index contributed by atoms with van der Waals surface area (Å²) in [7, 11) is -5.24. The minimum Gasteiger partial charge on any atom is -0.423 e. The number of nitrogens with zero attached hydrogens (tertiary/aromatic N) is 1. The monoisotopic (exact) mass is 271 g/mol. The number of rotatable bonds is 5. The van der Waals surface area contributed by atoms with E-state index in [-0.39, 0.29) is 10.4 Å². The maximum Gasteiger partial charge on any atom is 0.488 e. The maximum absolute atomic E-state index is 12.3. The van der Waals surface area contributed by atoms with E-state index in [0.717, 1.165) is 0 Å². The fraction of sp³-hybridized carbons (Fsp3) is 0.455. The number of aryl methyl sites for hydroxylation is 1. The molecule has 0 spiro atoms. The van der Waals surface area contributed by atoms with Crippen LogP contribution in [0.15, 0.2) is 23.1 Å². The molecule has 0 heterocycles. The van der Waals surface area contributed by atoms with E-state index in [9.17, 15) is 8.42 Å². The standard InChI is InChI=1S/C11H18BNO4S/c1-4-13(5-2)18(16,17)11-7-9(3)6-10(8-11)12(14)15/h6-8,14-15H,4-5H2,1-3H3. The molecule has 1 rings (SSSR count). The van der Waals surface area contributed by atoms with Crippen molar-refractivity contribution >= 4 is 22.6 Å². The molecular weight excluding hydrogens is 253 g/mol. The van der Waals surface area contributed by atoms with Gasteiger partial charge in [0.2, 0.25) is 10.0 Å². The highest BCUT2D eigenvalue weighted by Gasteiger charge is 2.23. The summed E-state index contributed by atoms with van der Waals surface area (Å²) >= 11 is 0. The first kappa shape index (κ1) is 15.2. The first-order valence-electron chi connectivity index (χ1n) is 5.80. The summed E-state index contributed by atoms with van der Waals surface area (Å²) in [6.07, 6.45) is 0. The Morgan fingerprint density at radius 3 is 2.17 bits per heavy atom. The molecule has 5 nitrogen and oxygen atoms in total. The number of hydrogen-bond acceptors (Lipinski definition) is 4. The van der Waals surface area contributed by atoms with E-state index in [1.54, 1.807) is 26.8 Å². The lowest BCUT2D eigenvalue weighted by Gasteiger charge is -2.19. The second-order valence-electron chi connectivity index (χ2n) is 4.04. The van der Waals surface area contributed by atoms with Crippen molar-refractivity contribution in [1.82, 2.24) is 4.31 Å². The van der Waals surface area contributed by atoms with E-state index in [2.05, 4.69) is 0 Å². The first-order chi connectivity index (χ1) is 8.32. The molecule has 0 aliphatic heterocycles. The van der Waals surface area contributed by atoms with Gasteiger partial charge in [-0.05, 0) is 24.5 Å². The molecule has 0 unspecified atom stereocenters. The van der Waals surface area contributed by atoms with Gasteiger partial charge in [-0.3, -0.25) is 0 Å². The Balaban J connectivity index is 3.32. The van der Waals surface area contributed by atoms with Gasteiger partial charge in [0.25, 0.3) is 0 Å². The van der Waals surface area contributed by atoms with E-state index < -0.39 is 17.1 Å². The zero-order valence-electron chi connectivity index (χ0n) is 10.8. The maximum atomic E-state index is 12.3. The van der Waals surface area contributed by atoms with E-state index >= 15 is 0 Å². The fourth-order valence-corrected chi connectivity index (χ4v) is 3.38. The van der Waals surface area contributed by atoms with Crippen molar-refractivity contribution in [2.24, 2.45) is 0 Å². The van der Waals surface area contributed by atoms with Crippen molar-refractivity contribution < 1.29 is 18.5 Å². The molecule has 0 aromatic heterocycles. The molecule has 7 heteroatoms. The van der Waals surface area contributed by atoms with Gasteiger partial charge in [-0.25, -0.2) is 8.42 Å². The Labute approximate surface area is 108 Å². The third-order valence-electron chi connectivity index (χ3n) is 2.71. The number of benzene rings is 1. The van der Waals surface area contributed by atoms with Gasteiger partial charge in [0, 0.05) is 13.1 Å². The fourth-order valence-electron chi connectivity index (χ4n) is 1.79. The Bertz CT molecular complexity index is 512. The van der Waals surface area contributed by atoms with Crippen LogP contribution in [0.25, 0.3) is 0 Å². The predicted molar refractivity (Wildman–Crippen MR) is 71.1 cm³/mol. The second kappa shape index (κ2) is 5.84. The highest BCUT2D eigenvalue weighted by atomic mass is 32.2. The largest absolute Gasteiger partial charge is 0.488 e. The van der Waals surface area contributed by atoms with E-state index in [1.807, 2.05) is 0 Å². The van der Waals surface area contributed by atoms with Crippen LogP contribution in [0.3, 0.4) is 0 Å². The minimum atomic E-state index is -3.57. The molecule has 0 saturated carbocycles. The predicted octanol–water partition coefficient (Wildman–Crippen LogP) is -0.295. The van der Waals surface area contributed by atoms with Crippen LogP contribution < -0.4 is 5.46 Å². The van der Waals surface area contributed by atoms with Crippen LogP contribution in [0.2, 0.25) is 0 Å². The van der Waals surface area contributed by atoms with Crippen LogP contribution in [0.5, 0.6) is 0 Å². The van der Waals surface area contributed by atoms with Gasteiger partial charge in [-0.2, -0.15) is 4.31 Å². The Kier molecular flexibility index (Phi) is 4.92. The molecule has 0 saturated heterocycles. The van der Waals surface area contributed by atoms with E-state index in [1.165, 1.54) is 16.4 Å². The van der Waals surface area contributed by atoms with Crippen LogP contribution in [-0.4, -0.2) is 43.0 Å². The summed E-state index contributed by atoms with van der Waals surface area (Å²) in [6.45, 7) is 6.00. The summed E-state index contributed by atoms with van der Waals surface area (Å²) in [5.41, 5.74) is 0.854. The molecule has 0 radical (unpaired) electrons. The average Bonchev–Trinajstić information content (AvgIpc) is 2.29. The zero-order chi connectivity index (χ0) is 13.9. The summed E-state index contributed by atoms with van der Waals surface area (Å²) in [4.78, 5) is 0.0919. The molecule has 100 valence electrons. The molecule has 2 N–H and O–H groups in total. The molecular formula is C11H18BNO4S. The average molecular weight is 271 g/mol. The summed E-state index contributed by atoms with van der Waals surface area (Å²) < 4.78 is 25.9. The lowest BCUT2D eigenvalue weighted by molar-refractivity contribution is 0.425. The first-order valence-corrected chi connectivity index (χ1v) is 7.24. The van der Waals surface area contributed by atoms with Crippen molar-refractivity contribution in [2.75, 3.05) is 13.1 Å². The third-order valence-corrected chi connectivity index (χ3v) is 4.74. The van der Waals surface area contributed by atoms with Crippen LogP contribution in [0, 0.1) is 6.92 Å². The van der Waals surface area contributed by atoms with Crippen molar-refractivity contribution in [3.05, 3.63) is 23.8 Å². The highest BCUT2D eigenvalue weighted by molar-refractivity contribution is 7.89. The molecule has 0 aliphatic rings. The normalized spacial score (nSPS) is 11.9. The lowest BCUT2D eigenvalue weighted by atomic mass is 9.80. The van der Waals surface area contributed by atoms with Crippen LogP contribution in [-0.2, 0) is 10.0 Å².